The van der Waals surface area contributed by atoms with Crippen molar-refractivity contribution in [2.45, 2.75) is 19.6 Å². The molecule has 2 rings (SSSR count). The van der Waals surface area contributed by atoms with E-state index in [2.05, 4.69) is 0 Å². The van der Waals surface area contributed by atoms with E-state index in [0.29, 0.717) is 4.88 Å². The lowest BCUT2D eigenvalue weighted by Crippen LogP contribution is -2.17. The number of ketones is 1. The minimum Gasteiger partial charge on any atom is -0.292 e. The molecule has 0 fully saturated rings. The Hall–Kier alpha value is -1.46. The van der Waals surface area contributed by atoms with Gasteiger partial charge in [0.2, 0.25) is 0 Å². The zero-order valence-corrected chi connectivity index (χ0v) is 13.1. The van der Waals surface area contributed by atoms with Crippen molar-refractivity contribution in [2.75, 3.05) is 5.75 Å². The molecule has 0 atom stereocenters. The van der Waals surface area contributed by atoms with E-state index in [1.54, 1.807) is 12.1 Å². The van der Waals surface area contributed by atoms with Crippen LogP contribution in [0, 0.1) is 13.8 Å². The quantitative estimate of drug-likeness (QED) is 0.797. The minimum absolute atomic E-state index is 0.0875. The van der Waals surface area contributed by atoms with Crippen LogP contribution < -0.4 is 0 Å². The van der Waals surface area contributed by atoms with Crippen LogP contribution in [0.5, 0.6) is 0 Å². The van der Waals surface area contributed by atoms with Gasteiger partial charge in [-0.05, 0) is 37.1 Å². The predicted molar refractivity (Wildman–Crippen MR) is 82.1 cm³/mol. The molecule has 0 saturated heterocycles. The molecule has 1 heterocycles. The molecule has 0 spiro atoms. The van der Waals surface area contributed by atoms with E-state index in [1.807, 2.05) is 38.1 Å². The van der Waals surface area contributed by atoms with E-state index in [1.165, 1.54) is 11.3 Å². The summed E-state index contributed by atoms with van der Waals surface area (Å²) in [5.74, 6) is -0.839. The molecule has 0 amide bonds. The molecule has 1 aromatic heterocycles. The van der Waals surface area contributed by atoms with E-state index < -0.39 is 15.6 Å². The average Bonchev–Trinajstić information content (AvgIpc) is 2.78. The lowest BCUT2D eigenvalue weighted by Gasteiger charge is -2.06. The number of hydrogen-bond acceptors (Lipinski definition) is 4. The summed E-state index contributed by atoms with van der Waals surface area (Å²) in [6.45, 7) is 3.76. The van der Waals surface area contributed by atoms with Gasteiger partial charge >= 0.3 is 0 Å². The number of Topliss-reactive ketones (excluding diaryl/α,β-unsaturated/α-hetero) is 1. The number of benzene rings is 1. The molecule has 0 N–H and O–H groups in total. The maximum absolute atomic E-state index is 12.1. The van der Waals surface area contributed by atoms with Gasteiger partial charge in [-0.15, -0.1) is 11.3 Å². The summed E-state index contributed by atoms with van der Waals surface area (Å²) in [4.78, 5) is 13.5. The maximum atomic E-state index is 12.1. The van der Waals surface area contributed by atoms with Crippen molar-refractivity contribution < 1.29 is 13.2 Å². The van der Waals surface area contributed by atoms with Crippen LogP contribution in [0.1, 0.15) is 25.7 Å². The number of aryl methyl sites for hydroxylation is 2. The molecular weight excluding hydrogens is 292 g/mol. The van der Waals surface area contributed by atoms with Gasteiger partial charge in [-0.2, -0.15) is 0 Å². The molecule has 5 heteroatoms. The zero-order valence-electron chi connectivity index (χ0n) is 11.4. The lowest BCUT2D eigenvalue weighted by molar-refractivity contribution is 0.102. The van der Waals surface area contributed by atoms with Crippen molar-refractivity contribution in [3.63, 3.8) is 0 Å². The van der Waals surface area contributed by atoms with Gasteiger partial charge in [0.15, 0.2) is 15.6 Å². The zero-order chi connectivity index (χ0) is 14.8. The number of sulfone groups is 1. The highest BCUT2D eigenvalue weighted by Gasteiger charge is 2.20. The second-order valence-electron chi connectivity index (χ2n) is 4.79. The van der Waals surface area contributed by atoms with Crippen LogP contribution in [0.2, 0.25) is 0 Å². The molecule has 106 valence electrons. The normalized spacial score (nSPS) is 11.5. The van der Waals surface area contributed by atoms with Crippen molar-refractivity contribution in [2.24, 2.45) is 0 Å². The molecule has 3 nitrogen and oxygen atoms in total. The second kappa shape index (κ2) is 5.89. The smallest absolute Gasteiger partial charge is 0.187 e. The fourth-order valence-electron chi connectivity index (χ4n) is 1.92. The van der Waals surface area contributed by atoms with E-state index in [4.69, 9.17) is 0 Å². The van der Waals surface area contributed by atoms with Gasteiger partial charge in [0.05, 0.1) is 10.6 Å². The first-order valence-corrected chi connectivity index (χ1v) is 8.86. The molecule has 0 saturated carbocycles. The van der Waals surface area contributed by atoms with Gasteiger partial charge in [-0.25, -0.2) is 8.42 Å². The van der Waals surface area contributed by atoms with Crippen LogP contribution in [0.25, 0.3) is 0 Å². The standard InChI is InChI=1S/C15H16O3S2/c1-11-5-3-4-6-13(11)9-20(17,18)10-14(16)15-8-7-12(2)19-15/h3-8H,9-10H2,1-2H3. The van der Waals surface area contributed by atoms with Crippen molar-refractivity contribution in [3.05, 3.63) is 57.3 Å². The third kappa shape index (κ3) is 3.77. The van der Waals surface area contributed by atoms with Crippen molar-refractivity contribution in [1.82, 2.24) is 0 Å². The number of carbonyl (C=O) groups excluding carboxylic acids is 1. The molecule has 0 bridgehead atoms. The van der Waals surface area contributed by atoms with Crippen LogP contribution >= 0.6 is 11.3 Å². The predicted octanol–water partition coefficient (Wildman–Crippen LogP) is 3.16. The van der Waals surface area contributed by atoms with E-state index in [9.17, 15) is 13.2 Å². The van der Waals surface area contributed by atoms with E-state index >= 15 is 0 Å². The minimum atomic E-state index is -3.44. The van der Waals surface area contributed by atoms with Gasteiger partial charge in [0.25, 0.3) is 0 Å². The molecule has 0 radical (unpaired) electrons. The molecule has 1 aromatic carbocycles. The first-order valence-electron chi connectivity index (χ1n) is 6.22. The summed E-state index contributed by atoms with van der Waals surface area (Å²) >= 11 is 1.33. The summed E-state index contributed by atoms with van der Waals surface area (Å²) in [5.41, 5.74) is 1.68. The van der Waals surface area contributed by atoms with Gasteiger partial charge in [0, 0.05) is 4.88 Å². The highest BCUT2D eigenvalue weighted by Crippen LogP contribution is 2.18. The van der Waals surface area contributed by atoms with Crippen molar-refractivity contribution in [1.29, 1.82) is 0 Å². The number of thiophene rings is 1. The number of rotatable bonds is 5. The van der Waals surface area contributed by atoms with Crippen LogP contribution in [0.3, 0.4) is 0 Å². The Morgan fingerprint density at radius 1 is 1.10 bits per heavy atom. The van der Waals surface area contributed by atoms with Crippen LogP contribution in [-0.2, 0) is 15.6 Å². The largest absolute Gasteiger partial charge is 0.292 e. The van der Waals surface area contributed by atoms with Crippen molar-refractivity contribution in [3.8, 4) is 0 Å². The summed E-state index contributed by atoms with van der Waals surface area (Å²) in [6.07, 6.45) is 0. The Kier molecular flexibility index (Phi) is 4.40. The summed E-state index contributed by atoms with van der Waals surface area (Å²) < 4.78 is 24.3. The van der Waals surface area contributed by atoms with Crippen molar-refractivity contribution >= 4 is 27.0 Å². The second-order valence-corrected chi connectivity index (χ2v) is 8.14. The van der Waals surface area contributed by atoms with Crippen LogP contribution in [-0.4, -0.2) is 20.0 Å². The first kappa shape index (κ1) is 14.9. The lowest BCUT2D eigenvalue weighted by atomic mass is 10.1. The van der Waals surface area contributed by atoms with Crippen LogP contribution in [0.4, 0.5) is 0 Å². The third-order valence-electron chi connectivity index (χ3n) is 3.00. The Balaban J connectivity index is 2.12. The molecule has 0 unspecified atom stereocenters. The highest BCUT2D eigenvalue weighted by molar-refractivity contribution is 7.91. The first-order chi connectivity index (χ1) is 9.37. The summed E-state index contributed by atoms with van der Waals surface area (Å²) in [7, 11) is -3.44. The van der Waals surface area contributed by atoms with Gasteiger partial charge in [-0.1, -0.05) is 24.3 Å². The average molecular weight is 308 g/mol. The molecule has 20 heavy (non-hydrogen) atoms. The monoisotopic (exact) mass is 308 g/mol. The summed E-state index contributed by atoms with van der Waals surface area (Å²) in [5, 5.41) is 0. The van der Waals surface area contributed by atoms with Gasteiger partial charge < -0.3 is 0 Å². The highest BCUT2D eigenvalue weighted by atomic mass is 32.2. The maximum Gasteiger partial charge on any atom is 0.187 e. The third-order valence-corrected chi connectivity index (χ3v) is 5.50. The summed E-state index contributed by atoms with van der Waals surface area (Å²) in [6, 6.07) is 10.8. The van der Waals surface area contributed by atoms with E-state index in [-0.39, 0.29) is 11.5 Å². The fraction of sp³-hybridized carbons (Fsp3) is 0.267. The van der Waals surface area contributed by atoms with E-state index in [0.717, 1.165) is 16.0 Å². The SMILES string of the molecule is Cc1ccc(C(=O)CS(=O)(=O)Cc2ccccc2C)s1. The van der Waals surface area contributed by atoms with Gasteiger partial charge in [-0.3, -0.25) is 4.79 Å². The Morgan fingerprint density at radius 2 is 1.80 bits per heavy atom. The van der Waals surface area contributed by atoms with Gasteiger partial charge in [0.1, 0.15) is 5.75 Å². The fourth-order valence-corrected chi connectivity index (χ4v) is 4.27. The van der Waals surface area contributed by atoms with Crippen LogP contribution in [0.15, 0.2) is 36.4 Å². The molecule has 0 aliphatic carbocycles. The molecule has 2 aromatic rings. The Labute approximate surface area is 123 Å². The number of carbonyl (C=O) groups is 1. The number of hydrogen-bond donors (Lipinski definition) is 0. The Morgan fingerprint density at radius 3 is 2.40 bits per heavy atom. The molecule has 0 aliphatic rings. The molecule has 0 aliphatic heterocycles. The molecular formula is C15H16O3S2. The Bertz CT molecular complexity index is 727. The topological polar surface area (TPSA) is 51.2 Å².